The molecule has 0 heteroatoms. The molecule has 0 atom stereocenters. The van der Waals surface area contributed by atoms with E-state index in [0.717, 1.165) is 0 Å². The summed E-state index contributed by atoms with van der Waals surface area (Å²) in [4.78, 5) is 0. The Balaban J connectivity index is 2.75. The van der Waals surface area contributed by atoms with E-state index in [1.165, 1.54) is 24.8 Å². The van der Waals surface area contributed by atoms with Gasteiger partial charge in [0.05, 0.1) is 0 Å². The molecular formula is C11H20. The van der Waals surface area contributed by atoms with Crippen molar-refractivity contribution in [3.63, 3.8) is 0 Å². The molecule has 0 aromatic rings. The zero-order valence-corrected chi connectivity index (χ0v) is 8.33. The Morgan fingerprint density at radius 1 is 1.18 bits per heavy atom. The molecule has 0 radical (unpaired) electrons. The van der Waals surface area contributed by atoms with Gasteiger partial charge < -0.3 is 0 Å². The summed E-state index contributed by atoms with van der Waals surface area (Å²) >= 11 is 0. The number of allylic oxidation sites excluding steroid dienone is 1. The van der Waals surface area contributed by atoms with Crippen LogP contribution in [0.4, 0.5) is 0 Å². The predicted molar refractivity (Wildman–Crippen MR) is 50.6 cm³/mol. The van der Waals surface area contributed by atoms with Gasteiger partial charge in [-0.25, -0.2) is 0 Å². The summed E-state index contributed by atoms with van der Waals surface area (Å²) < 4.78 is 0. The van der Waals surface area contributed by atoms with E-state index in [2.05, 4.69) is 34.3 Å². The highest BCUT2D eigenvalue weighted by atomic mass is 14.4. The van der Waals surface area contributed by atoms with Crippen LogP contribution in [0.1, 0.15) is 47.0 Å². The molecule has 0 aliphatic heterocycles. The minimum absolute atomic E-state index is 0.377. The first-order valence-electron chi connectivity index (χ1n) is 4.52. The average Bonchev–Trinajstić information content (AvgIpc) is 1.77. The Morgan fingerprint density at radius 2 is 1.73 bits per heavy atom. The largest absolute Gasteiger partial charge is 0.0993 e. The van der Waals surface area contributed by atoms with E-state index in [1.54, 1.807) is 0 Å². The zero-order valence-electron chi connectivity index (χ0n) is 8.33. The third-order valence-corrected chi connectivity index (χ3v) is 2.98. The van der Waals surface area contributed by atoms with Crippen LogP contribution in [0.15, 0.2) is 12.2 Å². The van der Waals surface area contributed by atoms with Crippen molar-refractivity contribution in [2.24, 2.45) is 10.8 Å². The van der Waals surface area contributed by atoms with Gasteiger partial charge in [-0.1, -0.05) is 39.8 Å². The quantitative estimate of drug-likeness (QED) is 0.463. The molecule has 0 saturated heterocycles. The van der Waals surface area contributed by atoms with Crippen LogP contribution in [0.5, 0.6) is 0 Å². The Labute approximate surface area is 70.7 Å². The van der Waals surface area contributed by atoms with Crippen molar-refractivity contribution in [3.8, 4) is 0 Å². The van der Waals surface area contributed by atoms with Crippen LogP contribution >= 0.6 is 0 Å². The minimum atomic E-state index is 0.377. The first-order valence-corrected chi connectivity index (χ1v) is 4.52. The van der Waals surface area contributed by atoms with Crippen molar-refractivity contribution in [3.05, 3.63) is 12.2 Å². The van der Waals surface area contributed by atoms with Gasteiger partial charge in [-0.2, -0.15) is 0 Å². The second-order valence-corrected chi connectivity index (χ2v) is 5.33. The summed E-state index contributed by atoms with van der Waals surface area (Å²) in [5, 5.41) is 0. The molecule has 0 amide bonds. The highest BCUT2D eigenvalue weighted by molar-refractivity contribution is 5.12. The first kappa shape index (κ1) is 8.83. The topological polar surface area (TPSA) is 0 Å². The fourth-order valence-electron chi connectivity index (χ4n) is 2.24. The lowest BCUT2D eigenvalue weighted by atomic mass is 9.63. The van der Waals surface area contributed by atoms with E-state index in [0.29, 0.717) is 10.8 Å². The van der Waals surface area contributed by atoms with Crippen LogP contribution < -0.4 is 0 Å². The summed E-state index contributed by atoms with van der Waals surface area (Å²) in [6, 6.07) is 0. The Kier molecular flexibility index (Phi) is 1.90. The van der Waals surface area contributed by atoms with Crippen LogP contribution in [0.3, 0.4) is 0 Å². The lowest BCUT2D eigenvalue weighted by Crippen LogP contribution is -2.30. The van der Waals surface area contributed by atoms with Gasteiger partial charge in [0.2, 0.25) is 0 Å². The summed E-state index contributed by atoms with van der Waals surface area (Å²) in [6.07, 6.45) is 3.83. The van der Waals surface area contributed by atoms with Crippen molar-refractivity contribution in [2.75, 3.05) is 0 Å². The second-order valence-electron chi connectivity index (χ2n) is 5.33. The molecule has 0 aromatic heterocycles. The maximum atomic E-state index is 4.13. The van der Waals surface area contributed by atoms with Gasteiger partial charge in [0.25, 0.3) is 0 Å². The third-order valence-electron chi connectivity index (χ3n) is 2.98. The lowest BCUT2D eigenvalue weighted by molar-refractivity contribution is 0.171. The third kappa shape index (κ3) is 1.85. The van der Waals surface area contributed by atoms with Gasteiger partial charge in [-0.3, -0.25) is 0 Å². The first-order chi connectivity index (χ1) is 4.83. The van der Waals surface area contributed by atoms with Crippen LogP contribution in [-0.2, 0) is 0 Å². The van der Waals surface area contributed by atoms with E-state index < -0.39 is 0 Å². The van der Waals surface area contributed by atoms with E-state index in [9.17, 15) is 0 Å². The molecule has 1 aliphatic carbocycles. The van der Waals surface area contributed by atoms with Crippen molar-refractivity contribution in [1.82, 2.24) is 0 Å². The van der Waals surface area contributed by atoms with Crippen molar-refractivity contribution >= 4 is 0 Å². The molecule has 1 rings (SSSR count). The second kappa shape index (κ2) is 2.36. The Morgan fingerprint density at radius 3 is 2.09 bits per heavy atom. The van der Waals surface area contributed by atoms with Gasteiger partial charge in [0, 0.05) is 0 Å². The smallest absolute Gasteiger partial charge is 0.0142 e. The van der Waals surface area contributed by atoms with Gasteiger partial charge in [-0.05, 0) is 30.1 Å². The minimum Gasteiger partial charge on any atom is -0.0993 e. The van der Waals surface area contributed by atoms with E-state index in [4.69, 9.17) is 0 Å². The van der Waals surface area contributed by atoms with Gasteiger partial charge >= 0.3 is 0 Å². The van der Waals surface area contributed by atoms with E-state index in [1.807, 2.05) is 0 Å². The summed E-state index contributed by atoms with van der Waals surface area (Å²) in [6.45, 7) is 13.5. The average molecular weight is 152 g/mol. The molecule has 1 saturated carbocycles. The molecule has 0 heterocycles. The molecule has 1 aliphatic rings. The molecule has 1 fully saturated rings. The molecule has 11 heavy (non-hydrogen) atoms. The summed E-state index contributed by atoms with van der Waals surface area (Å²) in [7, 11) is 0. The molecule has 0 nitrogen and oxygen atoms in total. The number of hydrogen-bond acceptors (Lipinski definition) is 0. The molecule has 0 aromatic carbocycles. The fraction of sp³-hybridized carbons (Fsp3) is 0.818. The van der Waals surface area contributed by atoms with E-state index >= 15 is 0 Å². The predicted octanol–water partition coefficient (Wildman–Crippen LogP) is 3.78. The highest BCUT2D eigenvalue weighted by Gasteiger charge is 2.35. The van der Waals surface area contributed by atoms with Crippen LogP contribution in [0, 0.1) is 10.8 Å². The van der Waals surface area contributed by atoms with Gasteiger partial charge in [-0.15, -0.1) is 0 Å². The molecule has 0 N–H and O–H groups in total. The summed E-state index contributed by atoms with van der Waals surface area (Å²) in [5.41, 5.74) is 2.35. The maximum absolute atomic E-state index is 4.13. The van der Waals surface area contributed by atoms with Gasteiger partial charge in [0.1, 0.15) is 0 Å². The molecule has 0 bridgehead atoms. The van der Waals surface area contributed by atoms with Crippen LogP contribution in [0.25, 0.3) is 0 Å². The van der Waals surface area contributed by atoms with Crippen molar-refractivity contribution in [2.45, 2.75) is 47.0 Å². The molecule has 0 spiro atoms. The normalized spacial score (nSPS) is 28.5. The number of hydrogen-bond donors (Lipinski definition) is 0. The standard InChI is InChI=1S/C11H20/c1-9-6-7-10(2,3)8-11(9,4)5/h1,6-8H2,2-5H3. The Bertz CT molecular complexity index is 172. The summed E-state index contributed by atoms with van der Waals surface area (Å²) in [5.74, 6) is 0. The van der Waals surface area contributed by atoms with Crippen molar-refractivity contribution < 1.29 is 0 Å². The van der Waals surface area contributed by atoms with Crippen LogP contribution in [-0.4, -0.2) is 0 Å². The molecular weight excluding hydrogens is 132 g/mol. The van der Waals surface area contributed by atoms with Crippen LogP contribution in [0.2, 0.25) is 0 Å². The highest BCUT2D eigenvalue weighted by Crippen LogP contribution is 2.47. The zero-order chi connectivity index (χ0) is 8.70. The fourth-order valence-corrected chi connectivity index (χ4v) is 2.24. The monoisotopic (exact) mass is 152 g/mol. The molecule has 0 unspecified atom stereocenters. The Hall–Kier alpha value is -0.260. The molecule has 64 valence electrons. The number of rotatable bonds is 0. The van der Waals surface area contributed by atoms with Gasteiger partial charge in [0.15, 0.2) is 0 Å². The lowest BCUT2D eigenvalue weighted by Gasteiger charge is -2.42. The van der Waals surface area contributed by atoms with Crippen molar-refractivity contribution in [1.29, 1.82) is 0 Å². The maximum Gasteiger partial charge on any atom is -0.0142 e. The van der Waals surface area contributed by atoms with E-state index in [-0.39, 0.29) is 0 Å². The SMILES string of the molecule is C=C1CCC(C)(C)CC1(C)C.